The zero-order valence-corrected chi connectivity index (χ0v) is 12.9. The number of nitrogens with zero attached hydrogens (tertiary/aromatic N) is 3. The molecule has 1 aromatic heterocycles. The SMILES string of the molecule is COCCN(C)CCn1c(N)nc2cc(Br)ccc21. The molecule has 0 bridgehead atoms. The molecular formula is C13H19BrN4O. The first-order valence-electron chi connectivity index (χ1n) is 6.20. The number of hydrogen-bond donors (Lipinski definition) is 1. The predicted octanol–water partition coefficient (Wildman–Crippen LogP) is 1.96. The molecule has 2 aromatic rings. The molecule has 2 rings (SSSR count). The Labute approximate surface area is 121 Å². The number of methoxy groups -OCH3 is 1. The minimum atomic E-state index is 0.563. The van der Waals surface area contributed by atoms with E-state index in [9.17, 15) is 0 Å². The van der Waals surface area contributed by atoms with Gasteiger partial charge < -0.3 is 19.9 Å². The van der Waals surface area contributed by atoms with E-state index in [2.05, 4.69) is 32.9 Å². The van der Waals surface area contributed by atoms with Gasteiger partial charge in [0.05, 0.1) is 17.6 Å². The summed E-state index contributed by atoms with van der Waals surface area (Å²) in [7, 11) is 3.79. The fourth-order valence-electron chi connectivity index (χ4n) is 1.99. The van der Waals surface area contributed by atoms with Gasteiger partial charge in [0.25, 0.3) is 0 Å². The van der Waals surface area contributed by atoms with Crippen molar-refractivity contribution in [3.8, 4) is 0 Å². The van der Waals surface area contributed by atoms with Gasteiger partial charge in [0.15, 0.2) is 0 Å². The Morgan fingerprint density at radius 3 is 2.95 bits per heavy atom. The monoisotopic (exact) mass is 326 g/mol. The van der Waals surface area contributed by atoms with E-state index < -0.39 is 0 Å². The van der Waals surface area contributed by atoms with Crippen molar-refractivity contribution in [1.29, 1.82) is 0 Å². The summed E-state index contributed by atoms with van der Waals surface area (Å²) in [6.07, 6.45) is 0. The Bertz CT molecular complexity index is 555. The molecule has 1 heterocycles. The van der Waals surface area contributed by atoms with Crippen LogP contribution in [0.3, 0.4) is 0 Å². The van der Waals surface area contributed by atoms with Gasteiger partial charge in [-0.1, -0.05) is 15.9 Å². The number of imidazole rings is 1. The van der Waals surface area contributed by atoms with Crippen molar-refractivity contribution < 1.29 is 4.74 Å². The predicted molar refractivity (Wildman–Crippen MR) is 81.2 cm³/mol. The van der Waals surface area contributed by atoms with Crippen LogP contribution in [0.15, 0.2) is 22.7 Å². The maximum atomic E-state index is 5.98. The largest absolute Gasteiger partial charge is 0.383 e. The van der Waals surface area contributed by atoms with Gasteiger partial charge in [0, 0.05) is 31.2 Å². The third-order valence-corrected chi connectivity index (χ3v) is 3.62. The molecule has 0 saturated carbocycles. The van der Waals surface area contributed by atoms with Crippen LogP contribution >= 0.6 is 15.9 Å². The topological polar surface area (TPSA) is 56.3 Å². The molecule has 0 aliphatic rings. The maximum Gasteiger partial charge on any atom is 0.201 e. The summed E-state index contributed by atoms with van der Waals surface area (Å²) >= 11 is 3.44. The fraction of sp³-hybridized carbons (Fsp3) is 0.462. The molecule has 0 unspecified atom stereocenters. The van der Waals surface area contributed by atoms with Crippen LogP contribution in [0.5, 0.6) is 0 Å². The highest BCUT2D eigenvalue weighted by Crippen LogP contribution is 2.21. The minimum absolute atomic E-state index is 0.563. The maximum absolute atomic E-state index is 5.98. The lowest BCUT2D eigenvalue weighted by molar-refractivity contribution is 0.159. The van der Waals surface area contributed by atoms with Crippen LogP contribution in [-0.2, 0) is 11.3 Å². The lowest BCUT2D eigenvalue weighted by Crippen LogP contribution is -2.27. The third kappa shape index (κ3) is 3.46. The number of hydrogen-bond acceptors (Lipinski definition) is 4. The number of nitrogens with two attached hydrogens (primary N) is 1. The number of halogens is 1. The van der Waals surface area contributed by atoms with Crippen molar-refractivity contribution in [3.63, 3.8) is 0 Å². The molecule has 0 aliphatic carbocycles. The molecule has 0 aliphatic heterocycles. The van der Waals surface area contributed by atoms with Gasteiger partial charge in [-0.05, 0) is 25.2 Å². The summed E-state index contributed by atoms with van der Waals surface area (Å²) < 4.78 is 8.13. The number of likely N-dealkylation sites (N-methyl/N-ethyl adjacent to an activating group) is 1. The zero-order chi connectivity index (χ0) is 13.8. The molecule has 2 N–H and O–H groups in total. The first-order chi connectivity index (χ1) is 9.11. The summed E-state index contributed by atoms with van der Waals surface area (Å²) in [4.78, 5) is 6.60. The quantitative estimate of drug-likeness (QED) is 0.881. The van der Waals surface area contributed by atoms with Gasteiger partial charge in [-0.25, -0.2) is 4.98 Å². The Morgan fingerprint density at radius 2 is 2.21 bits per heavy atom. The molecule has 0 radical (unpaired) electrons. The number of nitrogen functional groups attached to an aromatic ring is 1. The van der Waals surface area contributed by atoms with E-state index in [4.69, 9.17) is 10.5 Å². The van der Waals surface area contributed by atoms with Crippen LogP contribution < -0.4 is 5.73 Å². The molecule has 104 valence electrons. The van der Waals surface area contributed by atoms with Crippen LogP contribution in [0.25, 0.3) is 11.0 Å². The van der Waals surface area contributed by atoms with Crippen molar-refractivity contribution in [2.75, 3.05) is 39.6 Å². The number of benzene rings is 1. The van der Waals surface area contributed by atoms with Crippen LogP contribution in [0.1, 0.15) is 0 Å². The van der Waals surface area contributed by atoms with Crippen LogP contribution in [-0.4, -0.2) is 48.3 Å². The summed E-state index contributed by atoms with van der Waals surface area (Å²) in [5, 5.41) is 0. The molecule has 0 amide bonds. The smallest absolute Gasteiger partial charge is 0.201 e. The van der Waals surface area contributed by atoms with Gasteiger partial charge in [0.1, 0.15) is 0 Å². The van der Waals surface area contributed by atoms with Crippen molar-refractivity contribution in [2.24, 2.45) is 0 Å². The highest BCUT2D eigenvalue weighted by atomic mass is 79.9. The number of aromatic nitrogens is 2. The van der Waals surface area contributed by atoms with E-state index in [0.717, 1.165) is 41.7 Å². The van der Waals surface area contributed by atoms with Crippen LogP contribution in [0, 0.1) is 0 Å². The lowest BCUT2D eigenvalue weighted by atomic mass is 10.3. The van der Waals surface area contributed by atoms with Crippen molar-refractivity contribution in [2.45, 2.75) is 6.54 Å². The Kier molecular flexibility index (Phi) is 4.79. The summed E-state index contributed by atoms with van der Waals surface area (Å²) in [5.74, 6) is 0.563. The van der Waals surface area contributed by atoms with Gasteiger partial charge in [0.2, 0.25) is 5.95 Å². The lowest BCUT2D eigenvalue weighted by Gasteiger charge is -2.17. The Morgan fingerprint density at radius 1 is 1.42 bits per heavy atom. The average Bonchev–Trinajstić information content (AvgIpc) is 2.68. The van der Waals surface area contributed by atoms with Crippen molar-refractivity contribution in [3.05, 3.63) is 22.7 Å². The molecule has 0 fully saturated rings. The first-order valence-corrected chi connectivity index (χ1v) is 7.00. The second kappa shape index (κ2) is 6.36. The van der Waals surface area contributed by atoms with E-state index in [-0.39, 0.29) is 0 Å². The van der Waals surface area contributed by atoms with Crippen molar-refractivity contribution >= 4 is 32.9 Å². The molecule has 6 heteroatoms. The number of rotatable bonds is 6. The van der Waals surface area contributed by atoms with Gasteiger partial charge in [-0.2, -0.15) is 0 Å². The highest BCUT2D eigenvalue weighted by Gasteiger charge is 2.09. The van der Waals surface area contributed by atoms with E-state index in [1.807, 2.05) is 22.8 Å². The molecule has 0 atom stereocenters. The number of ether oxygens (including phenoxy) is 1. The Balaban J connectivity index is 2.10. The normalized spacial score (nSPS) is 11.6. The van der Waals surface area contributed by atoms with E-state index >= 15 is 0 Å². The standard InChI is InChI=1S/C13H19BrN4O/c1-17(7-8-19-2)5-6-18-12-4-3-10(14)9-11(12)16-13(18)15/h3-4,9H,5-8H2,1-2H3,(H2,15,16). The van der Waals surface area contributed by atoms with Gasteiger partial charge >= 0.3 is 0 Å². The fourth-order valence-corrected chi connectivity index (χ4v) is 2.34. The second-order valence-electron chi connectivity index (χ2n) is 4.55. The number of fused-ring (bicyclic) bond motifs is 1. The average molecular weight is 327 g/mol. The third-order valence-electron chi connectivity index (χ3n) is 3.12. The van der Waals surface area contributed by atoms with E-state index in [0.29, 0.717) is 5.95 Å². The van der Waals surface area contributed by atoms with Gasteiger partial charge in [-0.3, -0.25) is 0 Å². The Hall–Kier alpha value is -1.11. The number of anilines is 1. The molecule has 0 saturated heterocycles. The first kappa shape index (κ1) is 14.3. The van der Waals surface area contributed by atoms with E-state index in [1.54, 1.807) is 7.11 Å². The molecule has 5 nitrogen and oxygen atoms in total. The molecule has 0 spiro atoms. The van der Waals surface area contributed by atoms with Crippen LogP contribution in [0.4, 0.5) is 5.95 Å². The summed E-state index contributed by atoms with van der Waals surface area (Å²) in [5.41, 5.74) is 7.98. The highest BCUT2D eigenvalue weighted by molar-refractivity contribution is 9.10. The van der Waals surface area contributed by atoms with Crippen molar-refractivity contribution in [1.82, 2.24) is 14.5 Å². The molecule has 1 aromatic carbocycles. The minimum Gasteiger partial charge on any atom is -0.383 e. The second-order valence-corrected chi connectivity index (χ2v) is 5.47. The molecular weight excluding hydrogens is 308 g/mol. The zero-order valence-electron chi connectivity index (χ0n) is 11.3. The summed E-state index contributed by atoms with van der Waals surface area (Å²) in [6.45, 7) is 3.39. The van der Waals surface area contributed by atoms with Gasteiger partial charge in [-0.15, -0.1) is 0 Å². The van der Waals surface area contributed by atoms with Crippen LogP contribution in [0.2, 0.25) is 0 Å². The molecule has 19 heavy (non-hydrogen) atoms. The van der Waals surface area contributed by atoms with E-state index in [1.165, 1.54) is 0 Å². The summed E-state index contributed by atoms with van der Waals surface area (Å²) in [6, 6.07) is 6.03.